The molecule has 0 spiro atoms. The zero-order valence-corrected chi connectivity index (χ0v) is 11.4. The lowest BCUT2D eigenvalue weighted by Crippen LogP contribution is -2.20. The van der Waals surface area contributed by atoms with Crippen molar-refractivity contribution in [2.75, 3.05) is 5.32 Å². The molecule has 2 aromatic carbocycles. The van der Waals surface area contributed by atoms with E-state index in [1.165, 1.54) is 11.6 Å². The van der Waals surface area contributed by atoms with E-state index in [9.17, 15) is 9.65 Å². The molecule has 0 aliphatic carbocycles. The van der Waals surface area contributed by atoms with E-state index in [0.29, 0.717) is 12.1 Å². The first kappa shape index (κ1) is 14.1. The number of anilines is 1. The molecule has 2 aromatic rings. The summed E-state index contributed by atoms with van der Waals surface area (Å²) < 4.78 is 13.6. The second-order valence-corrected chi connectivity index (χ2v) is 4.85. The molecule has 2 unspecified atom stereocenters. The summed E-state index contributed by atoms with van der Waals surface area (Å²) in [4.78, 5) is 0. The largest absolute Gasteiger partial charge is 0.367 e. The van der Waals surface area contributed by atoms with E-state index in [-0.39, 0.29) is 11.7 Å². The van der Waals surface area contributed by atoms with Crippen molar-refractivity contribution in [1.29, 1.82) is 5.26 Å². The van der Waals surface area contributed by atoms with Crippen LogP contribution in [-0.2, 0) is 0 Å². The molecule has 0 bridgehead atoms. The normalized spacial score (nSPS) is 13.2. The van der Waals surface area contributed by atoms with Crippen LogP contribution in [0.25, 0.3) is 0 Å². The van der Waals surface area contributed by atoms with Crippen molar-refractivity contribution in [3.63, 3.8) is 0 Å². The highest BCUT2D eigenvalue weighted by molar-refractivity contribution is 5.46. The first-order valence-corrected chi connectivity index (χ1v) is 6.66. The zero-order valence-electron chi connectivity index (χ0n) is 11.4. The highest BCUT2D eigenvalue weighted by Crippen LogP contribution is 2.22. The molecule has 0 aliphatic rings. The Morgan fingerprint density at radius 1 is 1.10 bits per heavy atom. The Labute approximate surface area is 118 Å². The Bertz CT molecular complexity index is 589. The number of nitrogens with zero attached hydrogens (tertiary/aromatic N) is 1. The average molecular weight is 268 g/mol. The van der Waals surface area contributed by atoms with Crippen LogP contribution in [0.15, 0.2) is 54.6 Å². The Balaban J connectivity index is 2.03. The maximum atomic E-state index is 13.6. The van der Waals surface area contributed by atoms with Crippen LogP contribution in [0.1, 0.15) is 24.8 Å². The summed E-state index contributed by atoms with van der Waals surface area (Å²) in [5.74, 6) is -0.0970. The molecule has 1 N–H and O–H groups in total. The van der Waals surface area contributed by atoms with Gasteiger partial charge in [-0.15, -0.1) is 0 Å². The summed E-state index contributed by atoms with van der Waals surface area (Å²) in [6, 6.07) is 18.2. The van der Waals surface area contributed by atoms with Crippen LogP contribution < -0.4 is 5.32 Å². The maximum Gasteiger partial charge on any atom is 0.146 e. The first-order chi connectivity index (χ1) is 9.70. The van der Waals surface area contributed by atoms with Crippen LogP contribution in [0.2, 0.25) is 0 Å². The highest BCUT2D eigenvalue weighted by atomic mass is 19.1. The maximum absolute atomic E-state index is 13.6. The van der Waals surface area contributed by atoms with E-state index >= 15 is 0 Å². The minimum absolute atomic E-state index is 0.236. The van der Waals surface area contributed by atoms with Gasteiger partial charge in [-0.3, -0.25) is 0 Å². The van der Waals surface area contributed by atoms with Crippen molar-refractivity contribution in [2.24, 2.45) is 0 Å². The summed E-state index contributed by atoms with van der Waals surface area (Å²) in [5.41, 5.74) is 1.56. The molecule has 0 heterocycles. The van der Waals surface area contributed by atoms with Gasteiger partial charge < -0.3 is 5.32 Å². The predicted octanol–water partition coefficient (Wildman–Crippen LogP) is 4.32. The van der Waals surface area contributed by atoms with Crippen molar-refractivity contribution in [2.45, 2.75) is 25.3 Å². The van der Waals surface area contributed by atoms with Gasteiger partial charge in [-0.05, 0) is 30.0 Å². The predicted molar refractivity (Wildman–Crippen MR) is 78.9 cm³/mol. The molecule has 0 saturated carbocycles. The topological polar surface area (TPSA) is 35.8 Å². The number of nitriles is 1. The van der Waals surface area contributed by atoms with E-state index in [2.05, 4.69) is 18.3 Å². The van der Waals surface area contributed by atoms with Crippen molar-refractivity contribution < 1.29 is 4.39 Å². The number of nitrogens with one attached hydrogen (secondary N) is 1. The molecular weight excluding hydrogens is 251 g/mol. The van der Waals surface area contributed by atoms with Crippen molar-refractivity contribution in [3.05, 3.63) is 66.0 Å². The van der Waals surface area contributed by atoms with Gasteiger partial charge in [-0.25, -0.2) is 4.39 Å². The Morgan fingerprint density at radius 3 is 2.40 bits per heavy atom. The lowest BCUT2D eigenvalue weighted by atomic mass is 9.94. The lowest BCUT2D eigenvalue weighted by molar-refractivity contribution is 0.617. The molecule has 0 fully saturated rings. The molecule has 20 heavy (non-hydrogen) atoms. The molecule has 0 aromatic heterocycles. The minimum atomic E-state index is -0.415. The zero-order chi connectivity index (χ0) is 14.4. The molecule has 0 saturated heterocycles. The Hall–Kier alpha value is -2.34. The number of rotatable bonds is 5. The molecule has 2 rings (SSSR count). The summed E-state index contributed by atoms with van der Waals surface area (Å²) in [5, 5.41) is 12.2. The fourth-order valence-corrected chi connectivity index (χ4v) is 2.18. The van der Waals surface area contributed by atoms with Crippen molar-refractivity contribution in [3.8, 4) is 6.07 Å². The fraction of sp³-hybridized carbons (Fsp3) is 0.235. The first-order valence-electron chi connectivity index (χ1n) is 6.66. The molecule has 102 valence electrons. The number of para-hydroxylation sites is 1. The molecule has 0 amide bonds. The second kappa shape index (κ2) is 6.72. The van der Waals surface area contributed by atoms with E-state index < -0.39 is 6.04 Å². The quantitative estimate of drug-likeness (QED) is 0.876. The molecular formula is C17H17FN2. The third-order valence-corrected chi connectivity index (χ3v) is 3.32. The third-order valence-electron chi connectivity index (χ3n) is 3.32. The third kappa shape index (κ3) is 3.58. The van der Waals surface area contributed by atoms with E-state index in [4.69, 9.17) is 0 Å². The highest BCUT2D eigenvalue weighted by Gasteiger charge is 2.15. The smallest absolute Gasteiger partial charge is 0.146 e. The number of halogens is 1. The van der Waals surface area contributed by atoms with Crippen molar-refractivity contribution >= 4 is 5.69 Å². The summed E-state index contributed by atoms with van der Waals surface area (Å²) in [6.45, 7) is 2.07. The van der Waals surface area contributed by atoms with Gasteiger partial charge in [0.15, 0.2) is 0 Å². The number of hydrogen-bond donors (Lipinski definition) is 1. The van der Waals surface area contributed by atoms with Gasteiger partial charge in [0.05, 0.1) is 11.8 Å². The van der Waals surface area contributed by atoms with Crippen LogP contribution >= 0.6 is 0 Å². The van der Waals surface area contributed by atoms with Gasteiger partial charge in [0, 0.05) is 0 Å². The molecule has 2 atom stereocenters. The summed E-state index contributed by atoms with van der Waals surface area (Å²) in [7, 11) is 0. The van der Waals surface area contributed by atoms with Crippen LogP contribution in [-0.4, -0.2) is 6.04 Å². The van der Waals surface area contributed by atoms with Gasteiger partial charge in [0.2, 0.25) is 0 Å². The lowest BCUT2D eigenvalue weighted by Gasteiger charge is -2.18. The van der Waals surface area contributed by atoms with Gasteiger partial charge in [0.1, 0.15) is 11.9 Å². The van der Waals surface area contributed by atoms with Crippen molar-refractivity contribution in [1.82, 2.24) is 0 Å². The Kier molecular flexibility index (Phi) is 4.73. The fourth-order valence-electron chi connectivity index (χ4n) is 2.18. The molecule has 3 heteroatoms. The van der Waals surface area contributed by atoms with E-state index in [1.54, 1.807) is 18.2 Å². The molecule has 0 radical (unpaired) electrons. The molecule has 0 aliphatic heterocycles. The number of hydrogen-bond acceptors (Lipinski definition) is 2. The monoisotopic (exact) mass is 268 g/mol. The van der Waals surface area contributed by atoms with Crippen LogP contribution in [0.3, 0.4) is 0 Å². The van der Waals surface area contributed by atoms with E-state index in [0.717, 1.165) is 0 Å². The van der Waals surface area contributed by atoms with Gasteiger partial charge >= 0.3 is 0 Å². The summed E-state index contributed by atoms with van der Waals surface area (Å²) in [6.07, 6.45) is 0.634. The SMILES string of the molecule is CC(CC(C#N)Nc1ccccc1F)c1ccccc1. The van der Waals surface area contributed by atoms with Crippen LogP contribution in [0.5, 0.6) is 0 Å². The van der Waals surface area contributed by atoms with E-state index in [1.807, 2.05) is 30.3 Å². The van der Waals surface area contributed by atoms with Crippen LogP contribution in [0, 0.1) is 17.1 Å². The Morgan fingerprint density at radius 2 is 1.75 bits per heavy atom. The standard InChI is InChI=1S/C17H17FN2/c1-13(14-7-3-2-4-8-14)11-15(12-19)20-17-10-6-5-9-16(17)18/h2-10,13,15,20H,11H2,1H3. The number of benzene rings is 2. The summed E-state index contributed by atoms with van der Waals surface area (Å²) >= 11 is 0. The van der Waals surface area contributed by atoms with Crippen LogP contribution in [0.4, 0.5) is 10.1 Å². The van der Waals surface area contributed by atoms with Gasteiger partial charge in [0.25, 0.3) is 0 Å². The van der Waals surface area contributed by atoms with Gasteiger partial charge in [-0.2, -0.15) is 5.26 Å². The van der Waals surface area contributed by atoms with Gasteiger partial charge in [-0.1, -0.05) is 49.4 Å². The average Bonchev–Trinajstić information content (AvgIpc) is 2.49. The second-order valence-electron chi connectivity index (χ2n) is 4.85. The minimum Gasteiger partial charge on any atom is -0.367 e. The molecule has 2 nitrogen and oxygen atoms in total.